The van der Waals surface area contributed by atoms with E-state index in [2.05, 4.69) is 33.7 Å². The number of hydrogen-bond acceptors (Lipinski definition) is 6. The van der Waals surface area contributed by atoms with Gasteiger partial charge >= 0.3 is 0 Å². The Balaban J connectivity index is 0.00000109. The van der Waals surface area contributed by atoms with Crippen molar-refractivity contribution in [2.45, 2.75) is 53.1 Å². The van der Waals surface area contributed by atoms with Crippen LogP contribution in [0.4, 0.5) is 5.82 Å². The van der Waals surface area contributed by atoms with E-state index in [1.807, 2.05) is 88.4 Å². The molecule has 0 fully saturated rings. The van der Waals surface area contributed by atoms with Gasteiger partial charge in [0.25, 0.3) is 0 Å². The fraction of sp³-hybridized carbons (Fsp3) is 0.306. The number of nitrogens with one attached hydrogen (secondary N) is 2. The molecule has 0 aliphatic rings. The fourth-order valence-electron chi connectivity index (χ4n) is 4.02. The lowest BCUT2D eigenvalue weighted by atomic mass is 9.98. The molecule has 0 saturated heterocycles. The van der Waals surface area contributed by atoms with E-state index in [-0.39, 0.29) is 24.3 Å². The lowest BCUT2D eigenvalue weighted by Crippen LogP contribution is -2.35. The van der Waals surface area contributed by atoms with Crippen LogP contribution in [-0.2, 0) is 16.1 Å². The maximum absolute atomic E-state index is 13.4. The summed E-state index contributed by atoms with van der Waals surface area (Å²) in [6.07, 6.45) is 9.15. The van der Waals surface area contributed by atoms with E-state index in [1.165, 1.54) is 4.90 Å². The van der Waals surface area contributed by atoms with Crippen molar-refractivity contribution in [3.05, 3.63) is 114 Å². The van der Waals surface area contributed by atoms with Gasteiger partial charge < -0.3 is 15.5 Å². The molecule has 2 N–H and O–H groups in total. The third-order valence-corrected chi connectivity index (χ3v) is 6.74. The molecule has 2 heterocycles. The molecule has 0 bridgehead atoms. The van der Waals surface area contributed by atoms with Crippen LogP contribution in [0.3, 0.4) is 0 Å². The lowest BCUT2D eigenvalue weighted by molar-refractivity contribution is -0.129. The summed E-state index contributed by atoms with van der Waals surface area (Å²) < 4.78 is 1.59. The van der Waals surface area contributed by atoms with E-state index in [9.17, 15) is 9.59 Å². The first-order valence-electron chi connectivity index (χ1n) is 15.1. The van der Waals surface area contributed by atoms with Crippen molar-refractivity contribution in [2.75, 3.05) is 26.0 Å². The van der Waals surface area contributed by atoms with Crippen LogP contribution in [-0.4, -0.2) is 52.1 Å². The zero-order valence-electron chi connectivity index (χ0n) is 27.4. The Morgan fingerprint density at radius 3 is 2.16 bits per heavy atom. The number of pyridine rings is 1. The molecule has 45 heavy (non-hydrogen) atoms. The summed E-state index contributed by atoms with van der Waals surface area (Å²) in [5, 5.41) is 19.6. The summed E-state index contributed by atoms with van der Waals surface area (Å²) in [7, 11) is 3.41. The summed E-state index contributed by atoms with van der Waals surface area (Å²) in [5.74, 6) is 0.294. The number of likely N-dealkylation sites (N-methyl/N-ethyl adjacent to an activating group) is 1. The van der Waals surface area contributed by atoms with Gasteiger partial charge in [-0.1, -0.05) is 75.4 Å². The second kappa shape index (κ2) is 19.3. The first-order chi connectivity index (χ1) is 21.7. The number of hydrogen-bond donors (Lipinski definition) is 2. The Morgan fingerprint density at radius 1 is 0.933 bits per heavy atom. The first kappa shape index (κ1) is 36.1. The standard InChI is InChI=1S/C30H31N7O2.C4H8.C2H6/c1-21(23-11-9-22(15-31)10-12-23)16-33-29(24-7-5-4-6-8-24)30(39)35-27-14-13-25(17-32-27)26-18-34-37(19-26)20-28(38)36(2)3;1-3-4-2;1-2/h4-14,17-19,21,29,33H,16,20H2,1-3H3,(H,32,35,39);3-4H,1-2H3;1-2H3/b;4-3-;. The molecule has 0 aliphatic heterocycles. The van der Waals surface area contributed by atoms with Gasteiger partial charge in [0, 0.05) is 44.2 Å². The number of benzene rings is 2. The van der Waals surface area contributed by atoms with Gasteiger partial charge in [-0.3, -0.25) is 14.3 Å². The first-order valence-corrected chi connectivity index (χ1v) is 15.1. The van der Waals surface area contributed by atoms with E-state index >= 15 is 0 Å². The number of rotatable bonds is 10. The highest BCUT2D eigenvalue weighted by atomic mass is 16.2. The third-order valence-electron chi connectivity index (χ3n) is 6.74. The van der Waals surface area contributed by atoms with Crippen molar-refractivity contribution >= 4 is 17.6 Å². The van der Waals surface area contributed by atoms with Gasteiger partial charge in [-0.05, 0) is 55.2 Å². The van der Waals surface area contributed by atoms with Gasteiger partial charge in [0.05, 0.1) is 17.8 Å². The third kappa shape index (κ3) is 11.5. The molecule has 0 aliphatic carbocycles. The SMILES string of the molecule is C/C=C\C.CC.CC(CNC(C(=O)Nc1ccc(-c2cnn(CC(=O)N(C)C)c2)cn1)c1ccccc1)c1ccc(C#N)cc1. The maximum Gasteiger partial charge on any atom is 0.247 e. The maximum atomic E-state index is 13.4. The second-order valence-corrected chi connectivity index (χ2v) is 10.2. The number of carbonyl (C=O) groups excluding carboxylic acids is 2. The number of aromatic nitrogens is 3. The van der Waals surface area contributed by atoms with Crippen LogP contribution in [0.25, 0.3) is 11.1 Å². The number of amides is 2. The number of anilines is 1. The summed E-state index contributed by atoms with van der Waals surface area (Å²) >= 11 is 0. The molecule has 4 aromatic rings. The van der Waals surface area contributed by atoms with E-state index in [0.29, 0.717) is 17.9 Å². The summed E-state index contributed by atoms with van der Waals surface area (Å²) in [6, 6.07) is 22.2. The molecule has 9 nitrogen and oxygen atoms in total. The van der Waals surface area contributed by atoms with Crippen molar-refractivity contribution < 1.29 is 9.59 Å². The van der Waals surface area contributed by atoms with Gasteiger partial charge in [-0.25, -0.2) is 4.98 Å². The van der Waals surface area contributed by atoms with E-state index in [0.717, 1.165) is 22.3 Å². The smallest absolute Gasteiger partial charge is 0.247 e. The predicted octanol–water partition coefficient (Wildman–Crippen LogP) is 6.59. The van der Waals surface area contributed by atoms with Crippen LogP contribution in [0.15, 0.2) is 97.5 Å². The van der Waals surface area contributed by atoms with Crippen molar-refractivity contribution in [2.24, 2.45) is 0 Å². The molecule has 9 heteroatoms. The lowest BCUT2D eigenvalue weighted by Gasteiger charge is -2.21. The zero-order chi connectivity index (χ0) is 33.2. The highest BCUT2D eigenvalue weighted by Gasteiger charge is 2.22. The van der Waals surface area contributed by atoms with Crippen molar-refractivity contribution in [1.29, 1.82) is 5.26 Å². The Morgan fingerprint density at radius 2 is 1.60 bits per heavy atom. The average Bonchev–Trinajstić information content (AvgIpc) is 3.55. The van der Waals surface area contributed by atoms with Crippen LogP contribution < -0.4 is 10.6 Å². The molecule has 2 aromatic carbocycles. The summed E-state index contributed by atoms with van der Waals surface area (Å²) in [4.78, 5) is 31.3. The summed E-state index contributed by atoms with van der Waals surface area (Å²) in [6.45, 7) is 10.8. The van der Waals surface area contributed by atoms with Crippen molar-refractivity contribution in [1.82, 2.24) is 25.0 Å². The number of nitrogens with zero attached hydrogens (tertiary/aromatic N) is 5. The molecule has 2 atom stereocenters. The minimum atomic E-state index is -0.582. The Hall–Kier alpha value is -5.07. The van der Waals surface area contributed by atoms with Crippen LogP contribution in [0.5, 0.6) is 0 Å². The predicted molar refractivity (Wildman–Crippen MR) is 181 cm³/mol. The largest absolute Gasteiger partial charge is 0.347 e. The molecule has 0 spiro atoms. The zero-order valence-corrected chi connectivity index (χ0v) is 27.4. The van der Waals surface area contributed by atoms with Gasteiger partial charge in [0.15, 0.2) is 0 Å². The monoisotopic (exact) mass is 607 g/mol. The van der Waals surface area contributed by atoms with Crippen molar-refractivity contribution in [3.8, 4) is 17.2 Å². The molecule has 236 valence electrons. The Labute approximate surface area is 267 Å². The highest BCUT2D eigenvalue weighted by molar-refractivity contribution is 5.95. The van der Waals surface area contributed by atoms with Gasteiger partial charge in [-0.2, -0.15) is 10.4 Å². The topological polar surface area (TPSA) is 116 Å². The minimum Gasteiger partial charge on any atom is -0.347 e. The van der Waals surface area contributed by atoms with Crippen LogP contribution >= 0.6 is 0 Å². The number of carbonyl (C=O) groups is 2. The molecule has 0 saturated carbocycles. The van der Waals surface area contributed by atoms with Gasteiger partial charge in [0.1, 0.15) is 18.4 Å². The molecule has 0 radical (unpaired) electrons. The van der Waals surface area contributed by atoms with Crippen LogP contribution in [0.2, 0.25) is 0 Å². The van der Waals surface area contributed by atoms with Gasteiger partial charge in [0.2, 0.25) is 11.8 Å². The van der Waals surface area contributed by atoms with Crippen LogP contribution in [0, 0.1) is 11.3 Å². The molecule has 2 amide bonds. The van der Waals surface area contributed by atoms with Gasteiger partial charge in [-0.15, -0.1) is 0 Å². The number of nitriles is 1. The summed E-state index contributed by atoms with van der Waals surface area (Å²) in [5.41, 5.74) is 4.20. The highest BCUT2D eigenvalue weighted by Crippen LogP contribution is 2.22. The molecular weight excluding hydrogens is 562 g/mol. The average molecular weight is 608 g/mol. The van der Waals surface area contributed by atoms with E-state index in [4.69, 9.17) is 5.26 Å². The van der Waals surface area contributed by atoms with Crippen LogP contribution in [0.1, 0.15) is 63.3 Å². The Kier molecular flexibility index (Phi) is 15.5. The molecule has 2 aromatic heterocycles. The number of allylic oxidation sites excluding steroid dienone is 2. The Bertz CT molecular complexity index is 1520. The fourth-order valence-corrected chi connectivity index (χ4v) is 4.02. The quantitative estimate of drug-likeness (QED) is 0.197. The second-order valence-electron chi connectivity index (χ2n) is 10.2. The molecule has 2 unspecified atom stereocenters. The van der Waals surface area contributed by atoms with E-state index < -0.39 is 6.04 Å². The minimum absolute atomic E-state index is 0.0475. The van der Waals surface area contributed by atoms with Crippen molar-refractivity contribution in [3.63, 3.8) is 0 Å². The normalized spacial score (nSPS) is 11.6. The van der Waals surface area contributed by atoms with E-state index in [1.54, 1.807) is 55.6 Å². The molecular formula is C36H45N7O2. The molecule has 4 rings (SSSR count).